The lowest BCUT2D eigenvalue weighted by atomic mass is 10.1. The van der Waals surface area contributed by atoms with Crippen LogP contribution in [0.2, 0.25) is 5.02 Å². The number of carboxylic acid groups (broad SMARTS) is 1. The smallest absolute Gasteiger partial charge is 0.347 e. The third-order valence-corrected chi connectivity index (χ3v) is 4.31. The van der Waals surface area contributed by atoms with Crippen LogP contribution in [0.3, 0.4) is 0 Å². The first-order valence-electron chi connectivity index (χ1n) is 8.48. The lowest BCUT2D eigenvalue weighted by Crippen LogP contribution is -2.38. The van der Waals surface area contributed by atoms with Crippen LogP contribution in [-0.4, -0.2) is 38.7 Å². The Hall–Kier alpha value is -3.26. The maximum Gasteiger partial charge on any atom is 0.347 e. The van der Waals surface area contributed by atoms with Crippen LogP contribution in [0.4, 0.5) is 4.39 Å². The zero-order valence-corrected chi connectivity index (χ0v) is 16.6. The van der Waals surface area contributed by atoms with Crippen LogP contribution in [0.1, 0.15) is 13.8 Å². The van der Waals surface area contributed by atoms with Crippen LogP contribution >= 0.6 is 11.6 Å². The second-order valence-corrected chi connectivity index (χ2v) is 6.92. The molecule has 0 saturated carbocycles. The van der Waals surface area contributed by atoms with Crippen molar-refractivity contribution in [3.8, 4) is 34.5 Å². The maximum absolute atomic E-state index is 14.0. The van der Waals surface area contributed by atoms with Crippen molar-refractivity contribution in [2.45, 2.75) is 19.4 Å². The van der Waals surface area contributed by atoms with Crippen LogP contribution < -0.4 is 9.47 Å². The van der Waals surface area contributed by atoms with E-state index in [0.717, 1.165) is 0 Å². The van der Waals surface area contributed by atoms with Gasteiger partial charge in [-0.2, -0.15) is 9.97 Å². The van der Waals surface area contributed by atoms with Crippen molar-refractivity contribution in [3.63, 3.8) is 0 Å². The summed E-state index contributed by atoms with van der Waals surface area (Å²) < 4.78 is 24.8. The molecule has 150 valence electrons. The van der Waals surface area contributed by atoms with Gasteiger partial charge in [0.05, 0.1) is 17.7 Å². The van der Waals surface area contributed by atoms with Gasteiger partial charge in [-0.15, -0.1) is 0 Å². The first-order valence-corrected chi connectivity index (χ1v) is 8.86. The Bertz CT molecular complexity index is 1080. The standard InChI is InChI=1S/C20H17ClFN3O4/c1-20(2,18(26)27)29-19-24-16(11-8-9-13(21)14(22)10-11)23-17(25-19)12-6-4-5-7-15(12)28-3/h4-10H,1-3H3,(H,26,27). The number of aliphatic carboxylic acids is 1. The highest BCUT2D eigenvalue weighted by Gasteiger charge is 2.31. The second kappa shape index (κ2) is 8.00. The van der Waals surface area contributed by atoms with Gasteiger partial charge in [0.25, 0.3) is 0 Å². The lowest BCUT2D eigenvalue weighted by molar-refractivity contribution is -0.152. The van der Waals surface area contributed by atoms with Gasteiger partial charge in [0.15, 0.2) is 11.6 Å². The first-order chi connectivity index (χ1) is 13.7. The number of ether oxygens (including phenoxy) is 2. The molecule has 0 aliphatic carbocycles. The van der Waals surface area contributed by atoms with Crippen molar-refractivity contribution in [2.75, 3.05) is 7.11 Å². The summed E-state index contributed by atoms with van der Waals surface area (Å²) in [4.78, 5) is 24.2. The molecule has 0 radical (unpaired) electrons. The zero-order valence-electron chi connectivity index (χ0n) is 15.8. The van der Waals surface area contributed by atoms with Crippen molar-refractivity contribution < 1.29 is 23.8 Å². The molecule has 1 heterocycles. The van der Waals surface area contributed by atoms with Gasteiger partial charge in [-0.25, -0.2) is 14.2 Å². The largest absolute Gasteiger partial charge is 0.496 e. The number of para-hydroxylation sites is 1. The summed E-state index contributed by atoms with van der Waals surface area (Å²) in [6, 6.07) is 10.9. The number of carboxylic acids is 1. The van der Waals surface area contributed by atoms with E-state index in [1.165, 1.54) is 33.1 Å². The van der Waals surface area contributed by atoms with E-state index >= 15 is 0 Å². The summed E-state index contributed by atoms with van der Waals surface area (Å²) >= 11 is 5.75. The van der Waals surface area contributed by atoms with Gasteiger partial charge < -0.3 is 14.6 Å². The number of benzene rings is 2. The Morgan fingerprint density at radius 1 is 1.10 bits per heavy atom. The predicted molar refractivity (Wildman–Crippen MR) is 105 cm³/mol. The number of methoxy groups -OCH3 is 1. The van der Waals surface area contributed by atoms with E-state index in [0.29, 0.717) is 16.9 Å². The molecule has 1 aromatic heterocycles. The number of halogens is 2. The van der Waals surface area contributed by atoms with Crippen LogP contribution in [-0.2, 0) is 4.79 Å². The minimum atomic E-state index is -1.60. The monoisotopic (exact) mass is 417 g/mol. The normalized spacial score (nSPS) is 11.2. The number of hydrogen-bond acceptors (Lipinski definition) is 6. The fourth-order valence-corrected chi connectivity index (χ4v) is 2.51. The Labute approximate surface area is 171 Å². The predicted octanol–water partition coefficient (Wildman–Crippen LogP) is 4.25. The molecule has 9 heteroatoms. The molecule has 0 aliphatic heterocycles. The van der Waals surface area contributed by atoms with Crippen LogP contribution in [0, 0.1) is 5.82 Å². The van der Waals surface area contributed by atoms with Gasteiger partial charge in [-0.1, -0.05) is 23.7 Å². The third-order valence-electron chi connectivity index (χ3n) is 4.00. The highest BCUT2D eigenvalue weighted by Crippen LogP contribution is 2.31. The van der Waals surface area contributed by atoms with E-state index in [2.05, 4.69) is 15.0 Å². The summed E-state index contributed by atoms with van der Waals surface area (Å²) in [7, 11) is 1.50. The molecule has 0 spiro atoms. The third kappa shape index (κ3) is 4.43. The molecule has 0 unspecified atom stereocenters. The van der Waals surface area contributed by atoms with E-state index < -0.39 is 17.4 Å². The molecule has 0 fully saturated rings. The van der Waals surface area contributed by atoms with Crippen molar-refractivity contribution >= 4 is 17.6 Å². The van der Waals surface area contributed by atoms with Gasteiger partial charge in [-0.05, 0) is 44.2 Å². The number of carbonyl (C=O) groups is 1. The summed E-state index contributed by atoms with van der Waals surface area (Å²) in [5.41, 5.74) is -0.739. The average molecular weight is 418 g/mol. The fourth-order valence-electron chi connectivity index (χ4n) is 2.39. The molecule has 3 aromatic rings. The Morgan fingerprint density at radius 3 is 2.45 bits per heavy atom. The van der Waals surface area contributed by atoms with Crippen molar-refractivity contribution in [1.82, 2.24) is 15.0 Å². The van der Waals surface area contributed by atoms with Gasteiger partial charge >= 0.3 is 12.0 Å². The van der Waals surface area contributed by atoms with Gasteiger partial charge in [0.1, 0.15) is 11.6 Å². The Morgan fingerprint density at radius 2 is 1.79 bits per heavy atom. The van der Waals surface area contributed by atoms with Gasteiger partial charge in [-0.3, -0.25) is 0 Å². The minimum absolute atomic E-state index is 0.0451. The topological polar surface area (TPSA) is 94.4 Å². The molecule has 1 N–H and O–H groups in total. The van der Waals surface area contributed by atoms with E-state index in [1.54, 1.807) is 30.3 Å². The van der Waals surface area contributed by atoms with E-state index in [1.807, 2.05) is 0 Å². The summed E-state index contributed by atoms with van der Waals surface area (Å²) in [6.07, 6.45) is 0. The number of nitrogens with zero attached hydrogens (tertiary/aromatic N) is 3. The van der Waals surface area contributed by atoms with E-state index in [9.17, 15) is 14.3 Å². The number of rotatable bonds is 6. The summed E-state index contributed by atoms with van der Waals surface area (Å²) in [6.45, 7) is 2.73. The highest BCUT2D eigenvalue weighted by atomic mass is 35.5. The van der Waals surface area contributed by atoms with Gasteiger partial charge in [0.2, 0.25) is 5.60 Å². The molecule has 0 bridgehead atoms. The first kappa shape index (κ1) is 20.5. The fraction of sp³-hybridized carbons (Fsp3) is 0.200. The Kier molecular flexibility index (Phi) is 5.65. The molecule has 0 amide bonds. The van der Waals surface area contributed by atoms with Crippen molar-refractivity contribution in [2.24, 2.45) is 0 Å². The van der Waals surface area contributed by atoms with E-state index in [4.69, 9.17) is 21.1 Å². The number of aromatic nitrogens is 3. The molecular formula is C20H17ClFN3O4. The Balaban J connectivity index is 2.19. The molecule has 7 nitrogen and oxygen atoms in total. The molecular weight excluding hydrogens is 401 g/mol. The number of hydrogen-bond donors (Lipinski definition) is 1. The lowest BCUT2D eigenvalue weighted by Gasteiger charge is -2.20. The summed E-state index contributed by atoms with van der Waals surface area (Å²) in [5, 5.41) is 9.30. The molecule has 29 heavy (non-hydrogen) atoms. The maximum atomic E-state index is 14.0. The van der Waals surface area contributed by atoms with Crippen LogP contribution in [0.5, 0.6) is 11.8 Å². The molecule has 0 atom stereocenters. The van der Waals surface area contributed by atoms with Crippen molar-refractivity contribution in [1.29, 1.82) is 0 Å². The molecule has 2 aromatic carbocycles. The van der Waals surface area contributed by atoms with Crippen LogP contribution in [0.25, 0.3) is 22.8 Å². The quantitative estimate of drug-likeness (QED) is 0.640. The highest BCUT2D eigenvalue weighted by molar-refractivity contribution is 6.30. The van der Waals surface area contributed by atoms with E-state index in [-0.39, 0.29) is 22.7 Å². The molecule has 0 aliphatic rings. The second-order valence-electron chi connectivity index (χ2n) is 6.51. The molecule has 0 saturated heterocycles. The van der Waals surface area contributed by atoms with Gasteiger partial charge in [0, 0.05) is 5.56 Å². The SMILES string of the molecule is COc1ccccc1-c1nc(OC(C)(C)C(=O)O)nc(-c2ccc(Cl)c(F)c2)n1. The zero-order chi connectivity index (χ0) is 21.2. The average Bonchev–Trinajstić information content (AvgIpc) is 2.69. The summed E-state index contributed by atoms with van der Waals surface area (Å²) in [5.74, 6) is -1.07. The van der Waals surface area contributed by atoms with Crippen LogP contribution in [0.15, 0.2) is 42.5 Å². The molecule has 3 rings (SSSR count). The van der Waals surface area contributed by atoms with Crippen molar-refractivity contribution in [3.05, 3.63) is 53.3 Å². The minimum Gasteiger partial charge on any atom is -0.496 e.